The smallest absolute Gasteiger partial charge is 0.187 e. The highest BCUT2D eigenvalue weighted by Crippen LogP contribution is 2.16. The summed E-state index contributed by atoms with van der Waals surface area (Å²) in [6.07, 6.45) is 3.28. The van der Waals surface area contributed by atoms with Gasteiger partial charge in [-0.15, -0.1) is 11.8 Å². The molecule has 0 saturated carbocycles. The van der Waals surface area contributed by atoms with Gasteiger partial charge in [0.2, 0.25) is 0 Å². The molecule has 0 unspecified atom stereocenters. The van der Waals surface area contributed by atoms with Crippen LogP contribution < -0.4 is 5.73 Å². The van der Waals surface area contributed by atoms with Crippen LogP contribution in [0.15, 0.2) is 29.3 Å². The molecule has 0 aliphatic carbocycles. The molecule has 0 amide bonds. The zero-order valence-corrected chi connectivity index (χ0v) is 12.1. The van der Waals surface area contributed by atoms with Crippen LogP contribution in [-0.2, 0) is 0 Å². The van der Waals surface area contributed by atoms with Gasteiger partial charge in [0.15, 0.2) is 11.8 Å². The summed E-state index contributed by atoms with van der Waals surface area (Å²) >= 11 is 1.18. The SMILES string of the molecule is C=CN(CC(C)C)C(/N=C(\C)F)=C(\N)C(=N)SC. The van der Waals surface area contributed by atoms with Crippen LogP contribution in [0.1, 0.15) is 20.8 Å². The van der Waals surface area contributed by atoms with Crippen LogP contribution in [0.3, 0.4) is 0 Å². The second-order valence-electron chi connectivity index (χ2n) is 4.11. The van der Waals surface area contributed by atoms with Crippen molar-refractivity contribution >= 4 is 22.8 Å². The van der Waals surface area contributed by atoms with E-state index in [0.717, 1.165) is 0 Å². The third-order valence-corrected chi connectivity index (χ3v) is 2.63. The lowest BCUT2D eigenvalue weighted by Crippen LogP contribution is -2.26. The standard InChI is InChI=1S/C12H21FN4S/c1-6-17(7-8(2)3)12(16-9(4)13)10(14)11(15)18-5/h6,8,15H,1,7,14H2,2-5H3/b12-10-,15-11?,16-9+. The molecular formula is C12H21FN4S. The van der Waals surface area contributed by atoms with E-state index in [-0.39, 0.29) is 16.6 Å². The molecule has 3 N–H and O–H groups in total. The van der Waals surface area contributed by atoms with Gasteiger partial charge in [-0.25, -0.2) is 4.99 Å². The number of hydrogen-bond acceptors (Lipinski definition) is 5. The summed E-state index contributed by atoms with van der Waals surface area (Å²) in [6, 6.07) is 0. The number of halogens is 1. The quantitative estimate of drug-likeness (QED) is 0.577. The van der Waals surface area contributed by atoms with Gasteiger partial charge < -0.3 is 10.6 Å². The molecule has 0 radical (unpaired) electrons. The Morgan fingerprint density at radius 1 is 1.61 bits per heavy atom. The summed E-state index contributed by atoms with van der Waals surface area (Å²) in [4.78, 5) is 5.44. The Morgan fingerprint density at radius 2 is 2.17 bits per heavy atom. The number of hydrogen-bond donors (Lipinski definition) is 2. The van der Waals surface area contributed by atoms with E-state index in [1.54, 1.807) is 17.4 Å². The van der Waals surface area contributed by atoms with E-state index in [1.807, 2.05) is 13.8 Å². The van der Waals surface area contributed by atoms with E-state index in [9.17, 15) is 4.39 Å². The molecule has 0 bridgehead atoms. The monoisotopic (exact) mass is 272 g/mol. The van der Waals surface area contributed by atoms with Crippen molar-refractivity contribution < 1.29 is 4.39 Å². The van der Waals surface area contributed by atoms with Crippen molar-refractivity contribution in [1.82, 2.24) is 4.90 Å². The molecule has 0 saturated heterocycles. The number of aliphatic imine (C=N–C) groups is 1. The number of nitrogens with one attached hydrogen (secondary N) is 1. The summed E-state index contributed by atoms with van der Waals surface area (Å²) in [5, 5.41) is 7.85. The van der Waals surface area contributed by atoms with Crippen LogP contribution in [0, 0.1) is 11.3 Å². The second-order valence-corrected chi connectivity index (χ2v) is 4.92. The fourth-order valence-electron chi connectivity index (χ4n) is 1.28. The molecule has 0 aliphatic rings. The fraction of sp³-hybridized carbons (Fsp3) is 0.500. The van der Waals surface area contributed by atoms with Crippen LogP contribution in [0.2, 0.25) is 0 Å². The summed E-state index contributed by atoms with van der Waals surface area (Å²) in [5.41, 5.74) is 6.00. The minimum Gasteiger partial charge on any atom is -0.394 e. The minimum atomic E-state index is -0.600. The van der Waals surface area contributed by atoms with Crippen molar-refractivity contribution in [3.05, 3.63) is 24.3 Å². The fourth-order valence-corrected chi connectivity index (χ4v) is 1.59. The summed E-state index contributed by atoms with van der Waals surface area (Å²) in [5.74, 6) is -0.0279. The first-order valence-corrected chi connectivity index (χ1v) is 6.78. The molecular weight excluding hydrogens is 251 g/mol. The zero-order chi connectivity index (χ0) is 14.3. The second kappa shape index (κ2) is 7.92. The predicted molar refractivity (Wildman–Crippen MR) is 78.4 cm³/mol. The molecule has 0 aromatic rings. The van der Waals surface area contributed by atoms with Crippen molar-refractivity contribution in [3.63, 3.8) is 0 Å². The van der Waals surface area contributed by atoms with E-state index in [0.29, 0.717) is 12.5 Å². The van der Waals surface area contributed by atoms with Gasteiger partial charge in [0.05, 0.1) is 0 Å². The highest BCUT2D eigenvalue weighted by atomic mass is 32.2. The van der Waals surface area contributed by atoms with Crippen LogP contribution in [0.4, 0.5) is 4.39 Å². The van der Waals surface area contributed by atoms with Gasteiger partial charge in [0.1, 0.15) is 10.7 Å². The molecule has 102 valence electrons. The minimum absolute atomic E-state index is 0.153. The van der Waals surface area contributed by atoms with Crippen LogP contribution in [0.5, 0.6) is 0 Å². The van der Waals surface area contributed by atoms with Gasteiger partial charge in [-0.1, -0.05) is 20.4 Å². The molecule has 4 nitrogen and oxygen atoms in total. The van der Waals surface area contributed by atoms with Crippen molar-refractivity contribution in [1.29, 1.82) is 5.41 Å². The van der Waals surface area contributed by atoms with Crippen molar-refractivity contribution in [2.75, 3.05) is 12.8 Å². The highest BCUT2D eigenvalue weighted by Gasteiger charge is 2.15. The van der Waals surface area contributed by atoms with Crippen LogP contribution >= 0.6 is 11.8 Å². The Balaban J connectivity index is 5.53. The first-order valence-electron chi connectivity index (χ1n) is 5.56. The zero-order valence-electron chi connectivity index (χ0n) is 11.3. The van der Waals surface area contributed by atoms with Gasteiger partial charge in [-0.05, 0) is 18.4 Å². The van der Waals surface area contributed by atoms with E-state index in [1.165, 1.54) is 18.7 Å². The number of nitrogens with zero attached hydrogens (tertiary/aromatic N) is 2. The maximum Gasteiger partial charge on any atom is 0.187 e. The molecule has 0 rings (SSSR count). The Kier molecular flexibility index (Phi) is 7.35. The first-order chi connectivity index (χ1) is 8.33. The lowest BCUT2D eigenvalue weighted by molar-refractivity contribution is 0.391. The van der Waals surface area contributed by atoms with Gasteiger partial charge in [0, 0.05) is 13.5 Å². The molecule has 6 heteroatoms. The van der Waals surface area contributed by atoms with Gasteiger partial charge in [-0.2, -0.15) is 4.39 Å². The summed E-state index contributed by atoms with van der Waals surface area (Å²) in [6.45, 7) is 9.58. The van der Waals surface area contributed by atoms with E-state index in [4.69, 9.17) is 11.1 Å². The van der Waals surface area contributed by atoms with Gasteiger partial charge in [-0.3, -0.25) is 5.41 Å². The lowest BCUT2D eigenvalue weighted by Gasteiger charge is -2.23. The average Bonchev–Trinajstić information content (AvgIpc) is 2.30. The average molecular weight is 272 g/mol. The van der Waals surface area contributed by atoms with Crippen molar-refractivity contribution in [2.24, 2.45) is 16.6 Å². The van der Waals surface area contributed by atoms with E-state index < -0.39 is 5.97 Å². The Hall–Kier alpha value is -1.30. The lowest BCUT2D eigenvalue weighted by atomic mass is 10.2. The van der Waals surface area contributed by atoms with Crippen LogP contribution in [0.25, 0.3) is 0 Å². The summed E-state index contributed by atoms with van der Waals surface area (Å²) < 4.78 is 13.0. The molecule has 0 heterocycles. The Labute approximate surface area is 112 Å². The molecule has 18 heavy (non-hydrogen) atoms. The topological polar surface area (TPSA) is 65.5 Å². The summed E-state index contributed by atoms with van der Waals surface area (Å²) in [7, 11) is 0. The molecule has 0 fully saturated rings. The molecule has 0 aliphatic heterocycles. The van der Waals surface area contributed by atoms with Gasteiger partial charge in [0.25, 0.3) is 0 Å². The molecule has 0 aromatic carbocycles. The Morgan fingerprint density at radius 3 is 2.50 bits per heavy atom. The maximum absolute atomic E-state index is 13.0. The van der Waals surface area contributed by atoms with Crippen LogP contribution in [-0.4, -0.2) is 28.7 Å². The van der Waals surface area contributed by atoms with Crippen molar-refractivity contribution in [2.45, 2.75) is 20.8 Å². The highest BCUT2D eigenvalue weighted by molar-refractivity contribution is 8.13. The van der Waals surface area contributed by atoms with Crippen molar-refractivity contribution in [3.8, 4) is 0 Å². The number of nitrogens with two attached hydrogens (primary N) is 1. The molecule has 0 spiro atoms. The largest absolute Gasteiger partial charge is 0.394 e. The van der Waals surface area contributed by atoms with Gasteiger partial charge >= 0.3 is 0 Å². The Bertz CT molecular complexity index is 370. The number of rotatable bonds is 6. The first kappa shape index (κ1) is 16.7. The third kappa shape index (κ3) is 5.35. The normalized spacial score (nSPS) is 13.3. The van der Waals surface area contributed by atoms with E-state index >= 15 is 0 Å². The predicted octanol–water partition coefficient (Wildman–Crippen LogP) is 2.94. The van der Waals surface area contributed by atoms with E-state index in [2.05, 4.69) is 11.6 Å². The molecule has 0 aromatic heterocycles. The number of thioether (sulfide) groups is 1. The maximum atomic E-state index is 13.0. The molecule has 0 atom stereocenters. The third-order valence-electron chi connectivity index (χ3n) is 2.00.